The summed E-state index contributed by atoms with van der Waals surface area (Å²) in [6, 6.07) is 22.6. The maximum atomic E-state index is 13.2. The summed E-state index contributed by atoms with van der Waals surface area (Å²) < 4.78 is 17.2. The Bertz CT molecular complexity index is 1280. The molecule has 7 heteroatoms. The van der Waals surface area contributed by atoms with Crippen molar-refractivity contribution in [1.82, 2.24) is 0 Å². The van der Waals surface area contributed by atoms with E-state index < -0.39 is 27.8 Å². The first kappa shape index (κ1) is 28.7. The fourth-order valence-corrected chi connectivity index (χ4v) is 5.27. The van der Waals surface area contributed by atoms with E-state index in [0.717, 1.165) is 46.2 Å². The first-order valence-electron chi connectivity index (χ1n) is 13.1. The second-order valence-corrected chi connectivity index (χ2v) is 10.5. The summed E-state index contributed by atoms with van der Waals surface area (Å²) in [5.74, 6) is 0.524. The Hall–Kier alpha value is -3.27. The summed E-state index contributed by atoms with van der Waals surface area (Å²) in [4.78, 5) is 0. The first-order chi connectivity index (χ1) is 18.9. The van der Waals surface area contributed by atoms with Crippen LogP contribution in [-0.4, -0.2) is 10.2 Å². The number of phenolic OH excluding ortho intramolecular Hbond substituents is 2. The molecule has 0 fully saturated rings. The van der Waals surface area contributed by atoms with Crippen molar-refractivity contribution in [2.24, 2.45) is 0 Å². The van der Waals surface area contributed by atoms with Crippen LogP contribution in [-0.2, 0) is 43.0 Å². The fourth-order valence-electron chi connectivity index (χ4n) is 5.27. The Morgan fingerprint density at radius 3 is 1.15 bits per heavy atom. The van der Waals surface area contributed by atoms with Crippen molar-refractivity contribution in [3.63, 3.8) is 0 Å². The van der Waals surface area contributed by atoms with Crippen LogP contribution in [0.15, 0.2) is 72.8 Å². The Labute approximate surface area is 243 Å². The average molecular weight is 749 g/mol. The van der Waals surface area contributed by atoms with Crippen LogP contribution < -0.4 is 10.2 Å². The minimum atomic E-state index is -2.51. The summed E-state index contributed by atoms with van der Waals surface area (Å²) in [6.07, 6.45) is 4.68. The Morgan fingerprint density at radius 1 is 0.487 bits per heavy atom. The molecule has 0 unspecified atom stereocenters. The Kier molecular flexibility index (Phi) is 10.1. The van der Waals surface area contributed by atoms with Crippen molar-refractivity contribution in [2.75, 3.05) is 0 Å². The van der Waals surface area contributed by atoms with Gasteiger partial charge in [-0.2, -0.15) is 0 Å². The van der Waals surface area contributed by atoms with Crippen LogP contribution in [0.3, 0.4) is 0 Å². The molecule has 0 aromatic heterocycles. The van der Waals surface area contributed by atoms with Crippen LogP contribution in [0.4, 0.5) is 0 Å². The molecule has 0 radical (unpaired) electrons. The van der Waals surface area contributed by atoms with E-state index in [9.17, 15) is 20.4 Å². The third-order valence-electron chi connectivity index (χ3n) is 7.31. The van der Waals surface area contributed by atoms with Crippen molar-refractivity contribution in [3.05, 3.63) is 117 Å². The predicted molar refractivity (Wildman–Crippen MR) is 139 cm³/mol. The van der Waals surface area contributed by atoms with Gasteiger partial charge in [-0.05, 0) is 60.8 Å². The monoisotopic (exact) mass is 748 g/mol. The van der Waals surface area contributed by atoms with Crippen LogP contribution >= 0.6 is 0 Å². The molecule has 5 rings (SSSR count). The number of hydrogen-bond acceptors (Lipinski definition) is 6. The van der Waals surface area contributed by atoms with Crippen LogP contribution in [0.25, 0.3) is 0 Å². The summed E-state index contributed by atoms with van der Waals surface area (Å²) in [5.41, 5.74) is 5.99. The van der Waals surface area contributed by atoms with Gasteiger partial charge in [0.2, 0.25) is 0 Å². The van der Waals surface area contributed by atoms with Gasteiger partial charge in [0.25, 0.3) is 0 Å². The molecule has 6 nitrogen and oxygen atoms in total. The molecule has 39 heavy (non-hydrogen) atoms. The van der Waals surface area contributed by atoms with Crippen LogP contribution in [0.1, 0.15) is 57.3 Å². The van der Waals surface area contributed by atoms with Gasteiger partial charge in [-0.25, -0.2) is 0 Å². The molecule has 0 heterocycles. The molecule has 1 aliphatic rings. The third-order valence-corrected chi connectivity index (χ3v) is 7.31. The molecule has 4 aromatic rings. The van der Waals surface area contributed by atoms with E-state index >= 15 is 0 Å². The van der Waals surface area contributed by atoms with Crippen molar-refractivity contribution >= 4 is 0 Å². The number of benzene rings is 4. The van der Waals surface area contributed by atoms with Gasteiger partial charge < -0.3 is 20.4 Å². The van der Waals surface area contributed by atoms with Gasteiger partial charge in [0, 0.05) is 12.8 Å². The molecular formula is C32H30O6U-2. The number of fused-ring (bicyclic) bond motifs is 8. The zero-order chi connectivity index (χ0) is 27.8. The van der Waals surface area contributed by atoms with Crippen molar-refractivity contribution in [1.29, 1.82) is 0 Å². The second-order valence-electron chi connectivity index (χ2n) is 9.80. The van der Waals surface area contributed by atoms with Crippen LogP contribution in [0.2, 0.25) is 0 Å². The molecule has 2 N–H and O–H groups in total. The van der Waals surface area contributed by atoms with E-state index in [1.54, 1.807) is 0 Å². The normalized spacial score (nSPS) is 13.3. The van der Waals surface area contributed by atoms with E-state index in [1.165, 1.54) is 0 Å². The zero-order valence-electron chi connectivity index (χ0n) is 21.6. The van der Waals surface area contributed by atoms with Crippen molar-refractivity contribution < 1.29 is 52.7 Å². The molecule has 200 valence electrons. The molecule has 0 spiro atoms. The van der Waals surface area contributed by atoms with Crippen LogP contribution in [0.5, 0.6) is 23.0 Å². The van der Waals surface area contributed by atoms with Crippen molar-refractivity contribution in [3.8, 4) is 23.0 Å². The number of para-hydroxylation sites is 4. The van der Waals surface area contributed by atoms with Gasteiger partial charge in [0.1, 0.15) is 11.5 Å². The second kappa shape index (κ2) is 13.7. The first-order valence-corrected chi connectivity index (χ1v) is 16.5. The molecular weight excluding hydrogens is 718 g/mol. The summed E-state index contributed by atoms with van der Waals surface area (Å²) in [5, 5.41) is 48.2. The van der Waals surface area contributed by atoms with Gasteiger partial charge in [0.05, 0.1) is 0 Å². The van der Waals surface area contributed by atoms with Crippen LogP contribution in [0, 0.1) is 27.8 Å². The maximum absolute atomic E-state index is 13.2. The molecule has 0 atom stereocenters. The number of phenols is 2. The van der Waals surface area contributed by atoms with Gasteiger partial charge >= 0.3 is 32.3 Å². The zero-order valence-corrected chi connectivity index (χ0v) is 25.8. The minimum absolute atomic E-state index is 0.0242. The van der Waals surface area contributed by atoms with E-state index in [2.05, 4.69) is 0 Å². The number of aryl methyl sites for hydroxylation is 4. The van der Waals surface area contributed by atoms with E-state index in [1.807, 2.05) is 72.8 Å². The summed E-state index contributed by atoms with van der Waals surface area (Å²) in [6.45, 7) is 0. The van der Waals surface area contributed by atoms with Gasteiger partial charge in [-0.3, -0.25) is 0 Å². The standard InChI is InChI=1S/C32H32O4.2O.U/c33-29-21-7-1-8-22-12-4-16-26(30(22)34)20-28-18-6-14-24(32(28)36)10-2-9-23-13-5-17-27(31(23)35)19-25(29)15-3-11-21;;;/h3-6,11-18,33-36H,1-2,7-10,19-20H2;;;/p-2. The number of aromatic hydroxyl groups is 2. The van der Waals surface area contributed by atoms with E-state index in [0.29, 0.717) is 49.7 Å². The third kappa shape index (κ3) is 7.03. The quantitative estimate of drug-likeness (QED) is 0.266. The van der Waals surface area contributed by atoms with Gasteiger partial charge in [0.15, 0.2) is 0 Å². The summed E-state index contributed by atoms with van der Waals surface area (Å²) in [7, 11) is 0. The van der Waals surface area contributed by atoms with Crippen molar-refractivity contribution in [2.45, 2.75) is 51.4 Å². The summed E-state index contributed by atoms with van der Waals surface area (Å²) >= 11 is -2.51. The molecule has 0 saturated carbocycles. The van der Waals surface area contributed by atoms with E-state index in [4.69, 9.17) is 4.47 Å². The van der Waals surface area contributed by atoms with Gasteiger partial charge in [-0.1, -0.05) is 95.1 Å². The number of hydrogen-bond donors (Lipinski definition) is 2. The average Bonchev–Trinajstić information content (AvgIpc) is 2.92. The Morgan fingerprint density at radius 2 is 0.769 bits per heavy atom. The number of rotatable bonds is 0. The molecule has 0 amide bonds. The molecule has 0 aliphatic heterocycles. The SMILES string of the molecule is [O-]c1c2cccc1Cc1cccc(c1O)CCCc1cccc(c1[O-])Cc1cccc(c1O)CCC2.[O]=[U]=[O]. The molecule has 8 bridgehead atoms. The van der Waals surface area contributed by atoms with E-state index in [-0.39, 0.29) is 23.0 Å². The topological polar surface area (TPSA) is 121 Å². The Balaban J connectivity index is 0.00000112. The predicted octanol–water partition coefficient (Wildman–Crippen LogP) is 4.85. The molecule has 0 saturated heterocycles. The fraction of sp³-hybridized carbons (Fsp3) is 0.250. The molecule has 4 aromatic carbocycles. The molecule has 1 aliphatic carbocycles. The van der Waals surface area contributed by atoms with Gasteiger partial charge in [-0.15, -0.1) is 11.5 Å².